The van der Waals surface area contributed by atoms with Crippen molar-refractivity contribution in [1.29, 1.82) is 0 Å². The lowest BCUT2D eigenvalue weighted by Gasteiger charge is -2.28. The van der Waals surface area contributed by atoms with Gasteiger partial charge >= 0.3 is 0 Å². The Morgan fingerprint density at radius 3 is 2.47 bits per heavy atom. The minimum absolute atomic E-state index is 0. The predicted molar refractivity (Wildman–Crippen MR) is 140 cm³/mol. The van der Waals surface area contributed by atoms with Crippen molar-refractivity contribution in [2.45, 2.75) is 45.1 Å². The van der Waals surface area contributed by atoms with E-state index in [0.29, 0.717) is 19.4 Å². The smallest absolute Gasteiger partial charge is 0.232 e. The van der Waals surface area contributed by atoms with Gasteiger partial charge in [-0.05, 0) is 66.6 Å². The number of nitrogens with zero attached hydrogens (tertiary/aromatic N) is 1. The van der Waals surface area contributed by atoms with Crippen LogP contribution in [-0.2, 0) is 22.6 Å². The van der Waals surface area contributed by atoms with Gasteiger partial charge in [0.15, 0.2) is 0 Å². The third kappa shape index (κ3) is 6.04. The van der Waals surface area contributed by atoms with Crippen molar-refractivity contribution in [1.82, 2.24) is 0 Å². The van der Waals surface area contributed by atoms with Crippen LogP contribution < -0.4 is 16.0 Å². The van der Waals surface area contributed by atoms with Gasteiger partial charge in [-0.1, -0.05) is 54.6 Å². The van der Waals surface area contributed by atoms with Gasteiger partial charge in [-0.15, -0.1) is 12.4 Å². The summed E-state index contributed by atoms with van der Waals surface area (Å²) < 4.78 is 0. The Labute approximate surface area is 207 Å². The number of halogens is 1. The van der Waals surface area contributed by atoms with Crippen LogP contribution in [0, 0.1) is 6.92 Å². The highest BCUT2D eigenvalue weighted by Crippen LogP contribution is 2.29. The van der Waals surface area contributed by atoms with E-state index >= 15 is 0 Å². The molecule has 178 valence electrons. The molecule has 34 heavy (non-hydrogen) atoms. The number of benzene rings is 3. The average Bonchev–Trinajstić information content (AvgIpc) is 2.84. The summed E-state index contributed by atoms with van der Waals surface area (Å²) in [6, 6.07) is 23.7. The van der Waals surface area contributed by atoms with Crippen LogP contribution in [0.15, 0.2) is 72.8 Å². The van der Waals surface area contributed by atoms with Gasteiger partial charge in [0.1, 0.15) is 0 Å². The van der Waals surface area contributed by atoms with Crippen LogP contribution >= 0.6 is 12.4 Å². The van der Waals surface area contributed by atoms with Crippen LogP contribution in [0.1, 0.15) is 47.4 Å². The van der Waals surface area contributed by atoms with E-state index in [4.69, 9.17) is 5.73 Å². The number of carbonyl (C=O) groups is 2. The van der Waals surface area contributed by atoms with Crippen LogP contribution in [0.5, 0.6) is 0 Å². The van der Waals surface area contributed by atoms with Crippen LogP contribution in [-0.4, -0.2) is 18.4 Å². The lowest BCUT2D eigenvalue weighted by atomic mass is 9.90. The molecule has 0 radical (unpaired) electrons. The Morgan fingerprint density at radius 1 is 1.00 bits per heavy atom. The number of nitrogens with one attached hydrogen (secondary N) is 1. The molecule has 1 heterocycles. The van der Waals surface area contributed by atoms with Crippen molar-refractivity contribution in [3.05, 3.63) is 95.1 Å². The molecular formula is C28H32ClN3O2. The molecule has 1 aliphatic heterocycles. The van der Waals surface area contributed by atoms with Gasteiger partial charge in [0.25, 0.3) is 0 Å². The first-order valence-corrected chi connectivity index (χ1v) is 11.6. The van der Waals surface area contributed by atoms with Crippen molar-refractivity contribution >= 4 is 35.6 Å². The molecule has 0 aromatic heterocycles. The molecule has 0 bridgehead atoms. The lowest BCUT2D eigenvalue weighted by molar-refractivity contribution is -0.119. The zero-order chi connectivity index (χ0) is 23.2. The Balaban J connectivity index is 0.00000324. The summed E-state index contributed by atoms with van der Waals surface area (Å²) in [5, 5.41) is 3.10. The number of piperidine rings is 1. The second-order valence-electron chi connectivity index (χ2n) is 8.68. The van der Waals surface area contributed by atoms with Crippen LogP contribution in [0.2, 0.25) is 0 Å². The number of amides is 2. The van der Waals surface area contributed by atoms with Gasteiger partial charge in [0, 0.05) is 30.9 Å². The molecular weight excluding hydrogens is 446 g/mol. The predicted octanol–water partition coefficient (Wildman–Crippen LogP) is 5.36. The quantitative estimate of drug-likeness (QED) is 0.481. The number of carbonyl (C=O) groups excluding carboxylic acids is 2. The van der Waals surface area contributed by atoms with Crippen LogP contribution in [0.3, 0.4) is 0 Å². The topological polar surface area (TPSA) is 75.4 Å². The fraction of sp³-hybridized carbons (Fsp3) is 0.286. The molecule has 3 N–H and O–H groups in total. The maximum absolute atomic E-state index is 13.4. The molecule has 0 spiro atoms. The molecule has 4 rings (SSSR count). The van der Waals surface area contributed by atoms with E-state index in [1.807, 2.05) is 78.6 Å². The van der Waals surface area contributed by atoms with Crippen molar-refractivity contribution in [2.24, 2.45) is 5.73 Å². The normalized spacial score (nSPS) is 14.3. The summed E-state index contributed by atoms with van der Waals surface area (Å²) in [6.45, 7) is 3.21. The number of hydrogen-bond donors (Lipinski definition) is 2. The monoisotopic (exact) mass is 477 g/mol. The number of hydrogen-bond acceptors (Lipinski definition) is 3. The highest BCUT2D eigenvalue weighted by atomic mass is 35.5. The van der Waals surface area contributed by atoms with E-state index in [1.54, 1.807) is 0 Å². The Kier molecular flexibility index (Phi) is 8.85. The van der Waals surface area contributed by atoms with Gasteiger partial charge in [-0.3, -0.25) is 9.59 Å². The van der Waals surface area contributed by atoms with Gasteiger partial charge in [0.05, 0.1) is 5.92 Å². The van der Waals surface area contributed by atoms with Crippen LogP contribution in [0.4, 0.5) is 11.4 Å². The molecule has 0 aliphatic carbocycles. The van der Waals surface area contributed by atoms with E-state index in [9.17, 15) is 9.59 Å². The van der Waals surface area contributed by atoms with E-state index < -0.39 is 0 Å². The summed E-state index contributed by atoms with van der Waals surface area (Å²) in [4.78, 5) is 27.6. The molecule has 1 saturated heterocycles. The molecule has 5 nitrogen and oxygen atoms in total. The first-order chi connectivity index (χ1) is 16.0. The first-order valence-electron chi connectivity index (χ1n) is 11.6. The zero-order valence-corrected chi connectivity index (χ0v) is 20.3. The lowest BCUT2D eigenvalue weighted by Crippen LogP contribution is -2.35. The standard InChI is InChI=1S/C28H31N3O2.ClH/c1-20-16-24(13-14-26(20)31-15-6-5-12-27(31)32)30-28(33)25(23-10-3-2-4-11-23)18-21-8-7-9-22(17-21)19-29;/h2-4,7-11,13-14,16-17,25H,5-6,12,15,18-19,29H2,1H3,(H,30,33);1H. The van der Waals surface area contributed by atoms with Crippen molar-refractivity contribution in [3.63, 3.8) is 0 Å². The molecule has 1 unspecified atom stereocenters. The molecule has 0 saturated carbocycles. The average molecular weight is 478 g/mol. The second-order valence-corrected chi connectivity index (χ2v) is 8.68. The van der Waals surface area contributed by atoms with Crippen LogP contribution in [0.25, 0.3) is 0 Å². The van der Waals surface area contributed by atoms with Crippen molar-refractivity contribution in [3.8, 4) is 0 Å². The molecule has 6 heteroatoms. The SMILES string of the molecule is Cc1cc(NC(=O)C(Cc2cccc(CN)c2)c2ccccc2)ccc1N1CCCCC1=O.Cl. The van der Waals surface area contributed by atoms with Gasteiger partial charge < -0.3 is 16.0 Å². The van der Waals surface area contributed by atoms with Gasteiger partial charge in [-0.2, -0.15) is 0 Å². The Bertz CT molecular complexity index is 1130. The number of aryl methyl sites for hydroxylation is 1. The molecule has 1 aliphatic rings. The number of nitrogens with two attached hydrogens (primary N) is 1. The Hall–Kier alpha value is -3.15. The van der Waals surface area contributed by atoms with Gasteiger partial charge in [-0.25, -0.2) is 0 Å². The van der Waals surface area contributed by atoms with E-state index in [1.165, 1.54) is 0 Å². The summed E-state index contributed by atoms with van der Waals surface area (Å²) in [5.74, 6) is -0.214. The second kappa shape index (κ2) is 11.8. The molecule has 1 fully saturated rings. The number of rotatable bonds is 7. The maximum Gasteiger partial charge on any atom is 0.232 e. The minimum Gasteiger partial charge on any atom is -0.326 e. The van der Waals surface area contributed by atoms with Gasteiger partial charge in [0.2, 0.25) is 11.8 Å². The van der Waals surface area contributed by atoms with E-state index in [0.717, 1.165) is 53.0 Å². The summed E-state index contributed by atoms with van der Waals surface area (Å²) in [7, 11) is 0. The first kappa shape index (κ1) is 25.5. The molecule has 3 aromatic carbocycles. The highest BCUT2D eigenvalue weighted by Gasteiger charge is 2.23. The Morgan fingerprint density at radius 2 is 1.76 bits per heavy atom. The van der Waals surface area contributed by atoms with E-state index in [2.05, 4.69) is 11.4 Å². The minimum atomic E-state index is -0.331. The fourth-order valence-corrected chi connectivity index (χ4v) is 4.49. The largest absolute Gasteiger partial charge is 0.326 e. The molecule has 2 amide bonds. The fourth-order valence-electron chi connectivity index (χ4n) is 4.49. The summed E-state index contributed by atoms with van der Waals surface area (Å²) >= 11 is 0. The zero-order valence-electron chi connectivity index (χ0n) is 19.5. The third-order valence-corrected chi connectivity index (χ3v) is 6.26. The third-order valence-electron chi connectivity index (χ3n) is 6.26. The molecule has 3 aromatic rings. The number of anilines is 2. The van der Waals surface area contributed by atoms with Crippen molar-refractivity contribution < 1.29 is 9.59 Å². The maximum atomic E-state index is 13.4. The summed E-state index contributed by atoms with van der Waals surface area (Å²) in [6.07, 6.45) is 3.16. The highest BCUT2D eigenvalue weighted by molar-refractivity contribution is 5.98. The molecule has 1 atom stereocenters. The van der Waals surface area contributed by atoms with E-state index in [-0.39, 0.29) is 30.1 Å². The summed E-state index contributed by atoms with van der Waals surface area (Å²) in [5.41, 5.74) is 11.6. The van der Waals surface area contributed by atoms with Crippen molar-refractivity contribution in [2.75, 3.05) is 16.8 Å².